The third-order valence-corrected chi connectivity index (χ3v) is 2.33. The normalized spacial score (nSPS) is 21.1. The van der Waals surface area contributed by atoms with Crippen LogP contribution in [-0.4, -0.2) is 54.8 Å². The Morgan fingerprint density at radius 2 is 2.00 bits per heavy atom. The van der Waals surface area contributed by atoms with Crippen LogP contribution in [0, 0.1) is 0 Å². The second kappa shape index (κ2) is 5.37. The number of halogens is 1. The molecule has 0 N–H and O–H groups in total. The number of carbonyl (C=O) groups is 1. The van der Waals surface area contributed by atoms with Crippen molar-refractivity contribution in [3.8, 4) is 0 Å². The Morgan fingerprint density at radius 1 is 1.38 bits per heavy atom. The predicted molar refractivity (Wildman–Crippen MR) is 53.9 cm³/mol. The van der Waals surface area contributed by atoms with E-state index in [2.05, 4.69) is 16.8 Å². The lowest BCUT2D eigenvalue weighted by molar-refractivity contribution is -0.107. The molecule has 0 aromatic carbocycles. The van der Waals surface area contributed by atoms with Gasteiger partial charge in [-0.3, -0.25) is 9.69 Å². The van der Waals surface area contributed by atoms with Gasteiger partial charge in [0.15, 0.2) is 0 Å². The van der Waals surface area contributed by atoms with Gasteiger partial charge in [-0.1, -0.05) is 6.08 Å². The van der Waals surface area contributed by atoms with Crippen molar-refractivity contribution in [2.75, 3.05) is 39.8 Å². The van der Waals surface area contributed by atoms with E-state index in [1.807, 2.05) is 6.08 Å². The molecule has 0 bridgehead atoms. The van der Waals surface area contributed by atoms with Gasteiger partial charge in [0, 0.05) is 32.7 Å². The van der Waals surface area contributed by atoms with Crippen molar-refractivity contribution in [2.45, 2.75) is 0 Å². The molecule has 3 nitrogen and oxygen atoms in total. The zero-order valence-corrected chi connectivity index (χ0v) is 8.63. The van der Waals surface area contributed by atoms with Gasteiger partial charge in [-0.2, -0.15) is 0 Å². The van der Waals surface area contributed by atoms with Crippen LogP contribution >= 0.6 is 11.6 Å². The van der Waals surface area contributed by atoms with Crippen LogP contribution in [0.3, 0.4) is 0 Å². The molecule has 0 spiro atoms. The zero-order valence-electron chi connectivity index (χ0n) is 7.87. The minimum atomic E-state index is -0.394. The molecule has 1 aliphatic rings. The molecule has 0 amide bonds. The van der Waals surface area contributed by atoms with Crippen molar-refractivity contribution in [1.29, 1.82) is 0 Å². The van der Waals surface area contributed by atoms with Crippen molar-refractivity contribution >= 4 is 16.8 Å². The van der Waals surface area contributed by atoms with Crippen LogP contribution in [0.5, 0.6) is 0 Å². The number of carbonyl (C=O) groups excluding carboxylic acids is 1. The first-order chi connectivity index (χ1) is 6.18. The molecule has 4 heteroatoms. The molecule has 1 rings (SSSR count). The van der Waals surface area contributed by atoms with Crippen molar-refractivity contribution < 1.29 is 4.79 Å². The van der Waals surface area contributed by atoms with Gasteiger partial charge in [-0.25, -0.2) is 0 Å². The minimum absolute atomic E-state index is 0.394. The molecule has 1 heterocycles. The summed E-state index contributed by atoms with van der Waals surface area (Å²) in [5, 5.41) is -0.394. The summed E-state index contributed by atoms with van der Waals surface area (Å²) in [6.45, 7) is 5.16. The average molecular weight is 203 g/mol. The number of hydrogen-bond acceptors (Lipinski definition) is 3. The lowest BCUT2D eigenvalue weighted by Gasteiger charge is -2.31. The molecule has 0 aromatic heterocycles. The molecular weight excluding hydrogens is 188 g/mol. The Kier molecular flexibility index (Phi) is 4.42. The summed E-state index contributed by atoms with van der Waals surface area (Å²) in [5.74, 6) is 0. The topological polar surface area (TPSA) is 23.6 Å². The standard InChI is InChI=1S/C9H15ClN2O/c1-11-5-7-12(8-6-11)4-2-3-9(10)13/h2-3H,4-8H2,1H3. The molecule has 13 heavy (non-hydrogen) atoms. The molecule has 74 valence electrons. The van der Waals surface area contributed by atoms with Crippen LogP contribution in [0.2, 0.25) is 0 Å². The Morgan fingerprint density at radius 3 is 2.54 bits per heavy atom. The van der Waals surface area contributed by atoms with Gasteiger partial charge in [0.2, 0.25) is 5.24 Å². The number of hydrogen-bond donors (Lipinski definition) is 0. The second-order valence-corrected chi connectivity index (χ2v) is 3.68. The highest BCUT2D eigenvalue weighted by Gasteiger charge is 2.11. The van der Waals surface area contributed by atoms with Gasteiger partial charge in [0.05, 0.1) is 0 Å². The Hall–Kier alpha value is -0.380. The average Bonchev–Trinajstić information content (AvgIpc) is 2.08. The van der Waals surface area contributed by atoms with E-state index in [1.54, 1.807) is 0 Å². The molecule has 0 saturated carbocycles. The molecule has 0 radical (unpaired) electrons. The van der Waals surface area contributed by atoms with Crippen LogP contribution in [0.25, 0.3) is 0 Å². The first-order valence-corrected chi connectivity index (χ1v) is 4.83. The van der Waals surface area contributed by atoms with E-state index in [4.69, 9.17) is 11.6 Å². The molecule has 1 aliphatic heterocycles. The minimum Gasteiger partial charge on any atom is -0.304 e. The third kappa shape index (κ3) is 4.41. The van der Waals surface area contributed by atoms with E-state index in [-0.39, 0.29) is 0 Å². The second-order valence-electron chi connectivity index (χ2n) is 3.31. The van der Waals surface area contributed by atoms with E-state index >= 15 is 0 Å². The maximum Gasteiger partial charge on any atom is 0.244 e. The van der Waals surface area contributed by atoms with Crippen LogP contribution in [0.15, 0.2) is 12.2 Å². The van der Waals surface area contributed by atoms with Gasteiger partial charge >= 0.3 is 0 Å². The van der Waals surface area contributed by atoms with E-state index in [1.165, 1.54) is 6.08 Å². The molecular formula is C9H15ClN2O. The summed E-state index contributed by atoms with van der Waals surface area (Å²) in [6, 6.07) is 0. The van der Waals surface area contributed by atoms with E-state index < -0.39 is 5.24 Å². The number of nitrogens with zero attached hydrogens (tertiary/aromatic N) is 2. The predicted octanol–water partition coefficient (Wildman–Crippen LogP) is 0.555. The molecule has 1 fully saturated rings. The quantitative estimate of drug-likeness (QED) is 0.494. The van der Waals surface area contributed by atoms with Crippen molar-refractivity contribution in [2.24, 2.45) is 0 Å². The maximum atomic E-state index is 10.4. The van der Waals surface area contributed by atoms with Crippen LogP contribution in [0.1, 0.15) is 0 Å². The number of rotatable bonds is 3. The highest BCUT2D eigenvalue weighted by Crippen LogP contribution is 1.98. The van der Waals surface area contributed by atoms with E-state index in [0.717, 1.165) is 32.7 Å². The smallest absolute Gasteiger partial charge is 0.244 e. The van der Waals surface area contributed by atoms with Gasteiger partial charge < -0.3 is 4.90 Å². The largest absolute Gasteiger partial charge is 0.304 e. The van der Waals surface area contributed by atoms with Gasteiger partial charge in [-0.05, 0) is 24.7 Å². The Balaban J connectivity index is 2.19. The van der Waals surface area contributed by atoms with Crippen LogP contribution in [-0.2, 0) is 4.79 Å². The molecule has 1 saturated heterocycles. The SMILES string of the molecule is CN1CCN(CC=CC(=O)Cl)CC1. The van der Waals surface area contributed by atoms with Gasteiger partial charge in [0.25, 0.3) is 0 Å². The van der Waals surface area contributed by atoms with Crippen molar-refractivity contribution in [1.82, 2.24) is 9.80 Å². The fourth-order valence-corrected chi connectivity index (χ4v) is 1.41. The summed E-state index contributed by atoms with van der Waals surface area (Å²) < 4.78 is 0. The fraction of sp³-hybridized carbons (Fsp3) is 0.667. The summed E-state index contributed by atoms with van der Waals surface area (Å²) in [5.41, 5.74) is 0. The summed E-state index contributed by atoms with van der Waals surface area (Å²) >= 11 is 5.17. The summed E-state index contributed by atoms with van der Waals surface area (Å²) in [4.78, 5) is 15.0. The monoisotopic (exact) mass is 202 g/mol. The van der Waals surface area contributed by atoms with Crippen molar-refractivity contribution in [3.05, 3.63) is 12.2 Å². The van der Waals surface area contributed by atoms with Gasteiger partial charge in [-0.15, -0.1) is 0 Å². The molecule has 0 aromatic rings. The van der Waals surface area contributed by atoms with E-state index in [0.29, 0.717) is 0 Å². The molecule has 0 aliphatic carbocycles. The zero-order chi connectivity index (χ0) is 9.68. The number of likely N-dealkylation sites (N-methyl/N-ethyl adjacent to an activating group) is 1. The Bertz CT molecular complexity index is 198. The van der Waals surface area contributed by atoms with Crippen LogP contribution in [0.4, 0.5) is 0 Å². The van der Waals surface area contributed by atoms with Crippen molar-refractivity contribution in [3.63, 3.8) is 0 Å². The summed E-state index contributed by atoms with van der Waals surface area (Å²) in [7, 11) is 2.12. The Labute approximate surface area is 83.9 Å². The van der Waals surface area contributed by atoms with Crippen LogP contribution < -0.4 is 0 Å². The molecule has 0 unspecified atom stereocenters. The van der Waals surface area contributed by atoms with Gasteiger partial charge in [0.1, 0.15) is 0 Å². The lowest BCUT2D eigenvalue weighted by atomic mass is 10.3. The molecule has 0 atom stereocenters. The van der Waals surface area contributed by atoms with E-state index in [9.17, 15) is 4.79 Å². The first kappa shape index (κ1) is 10.7. The third-order valence-electron chi connectivity index (χ3n) is 2.21. The fourth-order valence-electron chi connectivity index (χ4n) is 1.32. The maximum absolute atomic E-state index is 10.4. The number of piperazine rings is 1. The highest BCUT2D eigenvalue weighted by molar-refractivity contribution is 6.66. The number of allylic oxidation sites excluding steroid dienone is 1. The summed E-state index contributed by atoms with van der Waals surface area (Å²) in [6.07, 6.45) is 3.24. The highest BCUT2D eigenvalue weighted by atomic mass is 35.5. The lowest BCUT2D eigenvalue weighted by Crippen LogP contribution is -2.44. The first-order valence-electron chi connectivity index (χ1n) is 4.45.